The van der Waals surface area contributed by atoms with Crippen molar-refractivity contribution in [1.29, 1.82) is 0 Å². The molecule has 0 unspecified atom stereocenters. The summed E-state index contributed by atoms with van der Waals surface area (Å²) in [6.45, 7) is 0.944. The third kappa shape index (κ3) is 2.72. The molecule has 0 atom stereocenters. The first-order chi connectivity index (χ1) is 8.27. The van der Waals surface area contributed by atoms with Crippen LogP contribution in [0.15, 0.2) is 18.2 Å². The van der Waals surface area contributed by atoms with Gasteiger partial charge in [-0.15, -0.1) is 11.6 Å². The summed E-state index contributed by atoms with van der Waals surface area (Å²) >= 11 is 13.9. The minimum Gasteiger partial charge on any atom is -0.327 e. The zero-order valence-electron chi connectivity index (χ0n) is 9.62. The first-order valence-corrected chi connectivity index (χ1v) is 7.77. The number of thioether (sulfide) groups is 1. The molecule has 1 heterocycles. The van der Waals surface area contributed by atoms with Crippen LogP contribution in [0.3, 0.4) is 0 Å². The van der Waals surface area contributed by atoms with Gasteiger partial charge in [-0.3, -0.25) is 0 Å². The summed E-state index contributed by atoms with van der Waals surface area (Å²) in [6.07, 6.45) is 3.23. The Morgan fingerprint density at radius 3 is 2.94 bits per heavy atom. The Morgan fingerprint density at radius 1 is 1.41 bits per heavy atom. The fraction of sp³-hybridized carbons (Fsp3) is 0.417. The second-order valence-corrected chi connectivity index (χ2v) is 5.43. The molecule has 2 rings (SSSR count). The van der Waals surface area contributed by atoms with Gasteiger partial charge in [0.15, 0.2) is 0 Å². The molecule has 0 N–H and O–H groups in total. The summed E-state index contributed by atoms with van der Waals surface area (Å²) in [5, 5.41) is 0.692. The van der Waals surface area contributed by atoms with Gasteiger partial charge in [0.05, 0.1) is 16.4 Å². The first kappa shape index (κ1) is 13.1. The van der Waals surface area contributed by atoms with E-state index in [1.807, 2.05) is 30.0 Å². The highest BCUT2D eigenvalue weighted by Gasteiger charge is 2.11. The van der Waals surface area contributed by atoms with Gasteiger partial charge in [-0.2, -0.15) is 11.8 Å². The van der Waals surface area contributed by atoms with Crippen LogP contribution in [0.25, 0.3) is 11.0 Å². The van der Waals surface area contributed by atoms with Crippen LogP contribution < -0.4 is 0 Å². The van der Waals surface area contributed by atoms with Crippen LogP contribution in [0.2, 0.25) is 5.02 Å². The molecule has 0 bridgehead atoms. The summed E-state index contributed by atoms with van der Waals surface area (Å²) in [7, 11) is 0. The van der Waals surface area contributed by atoms with E-state index in [0.29, 0.717) is 10.9 Å². The van der Waals surface area contributed by atoms with Crippen LogP contribution >= 0.6 is 35.0 Å². The molecular weight excluding hydrogens is 275 g/mol. The molecule has 0 aliphatic rings. The molecule has 0 spiro atoms. The summed E-state index contributed by atoms with van der Waals surface area (Å²) in [4.78, 5) is 4.50. The van der Waals surface area contributed by atoms with E-state index in [2.05, 4.69) is 15.8 Å². The second kappa shape index (κ2) is 5.98. The maximum absolute atomic E-state index is 6.14. The predicted molar refractivity (Wildman–Crippen MR) is 77.3 cm³/mol. The van der Waals surface area contributed by atoms with Gasteiger partial charge in [0, 0.05) is 6.54 Å². The number of rotatable bonds is 5. The van der Waals surface area contributed by atoms with Crippen LogP contribution in [-0.4, -0.2) is 21.6 Å². The normalized spacial score (nSPS) is 11.2. The fourth-order valence-corrected chi connectivity index (χ4v) is 2.71. The number of imidazole rings is 1. The monoisotopic (exact) mass is 288 g/mol. The molecule has 17 heavy (non-hydrogen) atoms. The topological polar surface area (TPSA) is 17.8 Å². The van der Waals surface area contributed by atoms with Gasteiger partial charge in [-0.1, -0.05) is 17.7 Å². The number of hydrogen-bond acceptors (Lipinski definition) is 2. The molecule has 1 aromatic carbocycles. The van der Waals surface area contributed by atoms with E-state index in [1.54, 1.807) is 0 Å². The zero-order valence-corrected chi connectivity index (χ0v) is 11.9. The highest BCUT2D eigenvalue weighted by atomic mass is 35.5. The lowest BCUT2D eigenvalue weighted by Gasteiger charge is -2.06. The molecule has 0 aliphatic heterocycles. The van der Waals surface area contributed by atoms with Crippen molar-refractivity contribution in [1.82, 2.24) is 9.55 Å². The van der Waals surface area contributed by atoms with Crippen molar-refractivity contribution in [3.63, 3.8) is 0 Å². The standard InChI is InChI=1S/C12H14Cl2N2S/c1-17-7-3-6-16-10-5-2-4-9(14)12(10)15-11(16)8-13/h2,4-5H,3,6-8H2,1H3. The minimum atomic E-state index is 0.421. The SMILES string of the molecule is CSCCCn1c(CCl)nc2c(Cl)cccc21. The Morgan fingerprint density at radius 2 is 2.24 bits per heavy atom. The van der Waals surface area contributed by atoms with Gasteiger partial charge in [0.25, 0.3) is 0 Å². The number of alkyl halides is 1. The average molecular weight is 289 g/mol. The number of halogens is 2. The smallest absolute Gasteiger partial charge is 0.124 e. The third-order valence-corrected chi connectivity index (χ3v) is 3.90. The van der Waals surface area contributed by atoms with Crippen molar-refractivity contribution in [2.45, 2.75) is 18.8 Å². The number of nitrogens with zero attached hydrogens (tertiary/aromatic N) is 2. The molecule has 2 aromatic rings. The lowest BCUT2D eigenvalue weighted by atomic mass is 10.3. The van der Waals surface area contributed by atoms with Crippen molar-refractivity contribution in [2.75, 3.05) is 12.0 Å². The van der Waals surface area contributed by atoms with Crippen LogP contribution in [0, 0.1) is 0 Å². The Balaban J connectivity index is 2.40. The molecule has 2 nitrogen and oxygen atoms in total. The van der Waals surface area contributed by atoms with Gasteiger partial charge < -0.3 is 4.57 Å². The third-order valence-electron chi connectivity index (χ3n) is 2.66. The second-order valence-electron chi connectivity index (χ2n) is 3.77. The van der Waals surface area contributed by atoms with Crippen molar-refractivity contribution in [2.24, 2.45) is 0 Å². The number of fused-ring (bicyclic) bond motifs is 1. The van der Waals surface area contributed by atoms with E-state index in [1.165, 1.54) is 0 Å². The lowest BCUT2D eigenvalue weighted by Crippen LogP contribution is -2.03. The van der Waals surface area contributed by atoms with E-state index in [4.69, 9.17) is 23.2 Å². The Hall–Kier alpha value is -0.380. The predicted octanol–water partition coefficient (Wildman–Crippen LogP) is 4.18. The number of benzene rings is 1. The quantitative estimate of drug-likeness (QED) is 0.607. The molecule has 0 amide bonds. The van der Waals surface area contributed by atoms with Crippen LogP contribution in [0.1, 0.15) is 12.2 Å². The fourth-order valence-electron chi connectivity index (χ4n) is 1.88. The highest BCUT2D eigenvalue weighted by Crippen LogP contribution is 2.25. The highest BCUT2D eigenvalue weighted by molar-refractivity contribution is 7.98. The molecule has 0 radical (unpaired) electrons. The largest absolute Gasteiger partial charge is 0.327 e. The van der Waals surface area contributed by atoms with Crippen LogP contribution in [0.4, 0.5) is 0 Å². The average Bonchev–Trinajstić information content (AvgIpc) is 2.70. The Labute approximate surface area is 115 Å². The molecule has 1 aromatic heterocycles. The van der Waals surface area contributed by atoms with E-state index >= 15 is 0 Å². The van der Waals surface area contributed by atoms with Gasteiger partial charge in [-0.05, 0) is 30.6 Å². The molecule has 0 aliphatic carbocycles. The van der Waals surface area contributed by atoms with E-state index in [-0.39, 0.29) is 0 Å². The molecule has 0 fully saturated rings. The van der Waals surface area contributed by atoms with Gasteiger partial charge in [0.1, 0.15) is 11.3 Å². The summed E-state index contributed by atoms with van der Waals surface area (Å²) in [6, 6.07) is 5.86. The van der Waals surface area contributed by atoms with Crippen LogP contribution in [0.5, 0.6) is 0 Å². The maximum Gasteiger partial charge on any atom is 0.124 e. The van der Waals surface area contributed by atoms with Gasteiger partial charge in [0.2, 0.25) is 0 Å². The van der Waals surface area contributed by atoms with Gasteiger partial charge in [-0.25, -0.2) is 4.98 Å². The summed E-state index contributed by atoms with van der Waals surface area (Å²) < 4.78 is 2.17. The molecule has 0 saturated carbocycles. The maximum atomic E-state index is 6.14. The van der Waals surface area contributed by atoms with E-state index in [9.17, 15) is 0 Å². The lowest BCUT2D eigenvalue weighted by molar-refractivity contribution is 0.677. The van der Waals surface area contributed by atoms with E-state index in [0.717, 1.165) is 35.6 Å². The van der Waals surface area contributed by atoms with E-state index < -0.39 is 0 Å². The van der Waals surface area contributed by atoms with Crippen LogP contribution in [-0.2, 0) is 12.4 Å². The minimum absolute atomic E-state index is 0.421. The number of aromatic nitrogens is 2. The first-order valence-electron chi connectivity index (χ1n) is 5.46. The Bertz CT molecular complexity index is 510. The zero-order chi connectivity index (χ0) is 12.3. The molecule has 5 heteroatoms. The summed E-state index contributed by atoms with van der Waals surface area (Å²) in [5.41, 5.74) is 1.93. The van der Waals surface area contributed by atoms with Crippen molar-refractivity contribution < 1.29 is 0 Å². The van der Waals surface area contributed by atoms with Crippen molar-refractivity contribution in [3.8, 4) is 0 Å². The number of para-hydroxylation sites is 1. The molecular formula is C12H14Cl2N2S. The van der Waals surface area contributed by atoms with Crippen molar-refractivity contribution in [3.05, 3.63) is 29.0 Å². The Kier molecular flexibility index (Phi) is 4.60. The number of aryl methyl sites for hydroxylation is 1. The van der Waals surface area contributed by atoms with Gasteiger partial charge >= 0.3 is 0 Å². The van der Waals surface area contributed by atoms with Crippen molar-refractivity contribution >= 4 is 46.0 Å². The summed E-state index contributed by atoms with van der Waals surface area (Å²) in [5.74, 6) is 2.46. The number of hydrogen-bond donors (Lipinski definition) is 0. The molecule has 0 saturated heterocycles. The molecule has 92 valence electrons.